The lowest BCUT2D eigenvalue weighted by atomic mass is 9.86. The Kier molecular flexibility index (Phi) is 7.60. The number of carboxylic acid groups (broad SMARTS) is 1. The molecule has 200 valence electrons. The first-order chi connectivity index (χ1) is 19.9. The fourth-order valence-corrected chi connectivity index (χ4v) is 4.71. The second-order valence-corrected chi connectivity index (χ2v) is 9.25. The lowest BCUT2D eigenvalue weighted by molar-refractivity contribution is -0.137. The molecule has 0 aliphatic rings. The van der Waals surface area contributed by atoms with Crippen molar-refractivity contribution in [2.45, 2.75) is 5.92 Å². The van der Waals surface area contributed by atoms with E-state index in [-0.39, 0.29) is 44.8 Å². The molecule has 0 saturated carbocycles. The van der Waals surface area contributed by atoms with Gasteiger partial charge in [-0.25, -0.2) is 0 Å². The highest BCUT2D eigenvalue weighted by Crippen LogP contribution is 2.33. The average Bonchev–Trinajstić information content (AvgIpc) is 3.41. The number of carbonyl (C=O) groups is 5. The molecule has 1 heterocycles. The number of hydrogen-bond acceptors (Lipinski definition) is 5. The number of aliphatic carboxylic acids is 1. The zero-order valence-electron chi connectivity index (χ0n) is 21.6. The first-order valence-electron chi connectivity index (χ1n) is 12.8. The van der Waals surface area contributed by atoms with Crippen molar-refractivity contribution in [2.24, 2.45) is 0 Å². The number of hydrogen-bond donors (Lipinski definition) is 2. The van der Waals surface area contributed by atoms with Gasteiger partial charge in [0.15, 0.2) is 23.3 Å². The molecule has 5 rings (SSSR count). The van der Waals surface area contributed by atoms with E-state index in [1.807, 2.05) is 0 Å². The van der Waals surface area contributed by atoms with Crippen LogP contribution < -0.4 is 0 Å². The third-order valence-corrected chi connectivity index (χ3v) is 6.67. The van der Waals surface area contributed by atoms with E-state index in [2.05, 4.69) is 4.98 Å². The Balaban J connectivity index is 1.84. The summed E-state index contributed by atoms with van der Waals surface area (Å²) in [6.07, 6.45) is 0. The molecule has 1 atom stereocenters. The zero-order chi connectivity index (χ0) is 28.9. The van der Waals surface area contributed by atoms with Crippen molar-refractivity contribution in [2.75, 3.05) is 0 Å². The second-order valence-electron chi connectivity index (χ2n) is 9.25. The van der Waals surface area contributed by atoms with E-state index < -0.39 is 35.0 Å². The average molecular weight is 542 g/mol. The Hall–Kier alpha value is -5.69. The third-order valence-electron chi connectivity index (χ3n) is 6.67. The highest BCUT2D eigenvalue weighted by atomic mass is 16.4. The van der Waals surface area contributed by atoms with Crippen LogP contribution in [-0.4, -0.2) is 39.2 Å². The quantitative estimate of drug-likeness (QED) is 0.171. The molecule has 41 heavy (non-hydrogen) atoms. The fourth-order valence-electron chi connectivity index (χ4n) is 4.71. The largest absolute Gasteiger partial charge is 0.480 e. The van der Waals surface area contributed by atoms with Gasteiger partial charge in [-0.15, -0.1) is 0 Å². The number of H-pyrrole nitrogens is 1. The minimum atomic E-state index is -1.90. The SMILES string of the molecule is O=C(c1ccccc1)c1[nH]c(C(C(=O)O)C(=O)c2ccccc2)c(C(=O)c2ccccc2)c1C(=O)c1ccccc1. The van der Waals surface area contributed by atoms with Crippen molar-refractivity contribution in [3.63, 3.8) is 0 Å². The molecule has 5 aromatic rings. The Labute approximate surface area is 235 Å². The summed E-state index contributed by atoms with van der Waals surface area (Å²) in [5.41, 5.74) is -0.581. The van der Waals surface area contributed by atoms with Crippen molar-refractivity contribution in [3.05, 3.63) is 166 Å². The molecular weight excluding hydrogens is 518 g/mol. The van der Waals surface area contributed by atoms with Crippen LogP contribution in [-0.2, 0) is 4.79 Å². The van der Waals surface area contributed by atoms with Crippen LogP contribution in [0.3, 0.4) is 0 Å². The number of Topliss-reactive ketones (excluding diaryl/α,β-unsaturated/α-hetero) is 1. The molecular formula is C34H23NO6. The lowest BCUT2D eigenvalue weighted by Crippen LogP contribution is -2.25. The van der Waals surface area contributed by atoms with E-state index in [1.54, 1.807) is 84.9 Å². The maximum Gasteiger partial charge on any atom is 0.320 e. The van der Waals surface area contributed by atoms with Crippen LogP contribution in [0.1, 0.15) is 69.9 Å². The molecule has 1 aromatic heterocycles. The summed E-state index contributed by atoms with van der Waals surface area (Å²) in [5, 5.41) is 10.3. The van der Waals surface area contributed by atoms with Crippen LogP contribution in [0, 0.1) is 0 Å². The van der Waals surface area contributed by atoms with Gasteiger partial charge in [-0.3, -0.25) is 24.0 Å². The lowest BCUT2D eigenvalue weighted by Gasteiger charge is -2.13. The molecule has 0 spiro atoms. The van der Waals surface area contributed by atoms with Crippen LogP contribution in [0.15, 0.2) is 121 Å². The monoisotopic (exact) mass is 541 g/mol. The maximum atomic E-state index is 14.1. The minimum absolute atomic E-state index is 0.0967. The van der Waals surface area contributed by atoms with Crippen molar-refractivity contribution in [1.29, 1.82) is 0 Å². The Morgan fingerprint density at radius 2 is 0.854 bits per heavy atom. The molecule has 7 heteroatoms. The van der Waals surface area contributed by atoms with E-state index in [4.69, 9.17) is 0 Å². The molecule has 7 nitrogen and oxygen atoms in total. The summed E-state index contributed by atoms with van der Waals surface area (Å²) in [7, 11) is 0. The first kappa shape index (κ1) is 26.9. The summed E-state index contributed by atoms with van der Waals surface area (Å²) in [5.74, 6) is -6.24. The van der Waals surface area contributed by atoms with Gasteiger partial charge in [0.25, 0.3) is 0 Å². The van der Waals surface area contributed by atoms with Gasteiger partial charge in [0.2, 0.25) is 5.78 Å². The van der Waals surface area contributed by atoms with E-state index in [0.717, 1.165) is 0 Å². The number of aromatic amines is 1. The van der Waals surface area contributed by atoms with Crippen LogP contribution in [0.25, 0.3) is 0 Å². The highest BCUT2D eigenvalue weighted by molar-refractivity contribution is 6.27. The molecule has 0 bridgehead atoms. The van der Waals surface area contributed by atoms with Crippen LogP contribution >= 0.6 is 0 Å². The number of carbonyl (C=O) groups excluding carboxylic acids is 4. The van der Waals surface area contributed by atoms with Gasteiger partial charge in [-0.2, -0.15) is 0 Å². The number of benzene rings is 4. The molecule has 0 fully saturated rings. The number of ketones is 4. The molecule has 0 saturated heterocycles. The number of carboxylic acids is 1. The van der Waals surface area contributed by atoms with Crippen LogP contribution in [0.4, 0.5) is 0 Å². The Bertz CT molecular complexity index is 1760. The molecule has 1 unspecified atom stereocenters. The van der Waals surface area contributed by atoms with Crippen LogP contribution in [0.2, 0.25) is 0 Å². The standard InChI is InChI=1S/C34H23NO6/c36-30(21-13-5-1-6-14-21)25-26(31(37)22-15-7-2-8-16-22)29(33(39)24-19-11-4-12-20-24)35-28(25)27(34(40)41)32(38)23-17-9-3-10-18-23/h1-20,27,35H,(H,40,41). The van der Waals surface area contributed by atoms with Gasteiger partial charge in [0.05, 0.1) is 16.8 Å². The van der Waals surface area contributed by atoms with E-state index in [0.29, 0.717) is 0 Å². The van der Waals surface area contributed by atoms with Crippen molar-refractivity contribution in [1.82, 2.24) is 4.98 Å². The normalized spacial score (nSPS) is 11.4. The number of rotatable bonds is 10. The van der Waals surface area contributed by atoms with Crippen LogP contribution in [0.5, 0.6) is 0 Å². The Morgan fingerprint density at radius 1 is 0.488 bits per heavy atom. The molecule has 0 amide bonds. The summed E-state index contributed by atoms with van der Waals surface area (Å²) < 4.78 is 0. The van der Waals surface area contributed by atoms with Gasteiger partial charge in [0, 0.05) is 27.9 Å². The zero-order valence-corrected chi connectivity index (χ0v) is 21.6. The summed E-state index contributed by atoms with van der Waals surface area (Å²) in [6.45, 7) is 0. The van der Waals surface area contributed by atoms with Gasteiger partial charge in [0.1, 0.15) is 0 Å². The third kappa shape index (κ3) is 5.29. The number of nitrogens with one attached hydrogen (secondary N) is 1. The van der Waals surface area contributed by atoms with E-state index in [9.17, 15) is 29.1 Å². The van der Waals surface area contributed by atoms with Gasteiger partial charge in [-0.05, 0) is 0 Å². The predicted octanol–water partition coefficient (Wildman–Crippen LogP) is 5.76. The predicted molar refractivity (Wildman–Crippen MR) is 152 cm³/mol. The minimum Gasteiger partial charge on any atom is -0.480 e. The smallest absolute Gasteiger partial charge is 0.320 e. The molecule has 0 aliphatic carbocycles. The van der Waals surface area contributed by atoms with E-state index in [1.165, 1.54) is 36.4 Å². The summed E-state index contributed by atoms with van der Waals surface area (Å²) in [6, 6.07) is 31.9. The molecule has 2 N–H and O–H groups in total. The maximum absolute atomic E-state index is 14.1. The molecule has 4 aromatic carbocycles. The van der Waals surface area contributed by atoms with E-state index >= 15 is 0 Å². The second kappa shape index (κ2) is 11.6. The highest BCUT2D eigenvalue weighted by Gasteiger charge is 2.40. The summed E-state index contributed by atoms with van der Waals surface area (Å²) >= 11 is 0. The fraction of sp³-hybridized carbons (Fsp3) is 0.0294. The van der Waals surface area contributed by atoms with Gasteiger partial charge >= 0.3 is 5.97 Å². The first-order valence-corrected chi connectivity index (χ1v) is 12.8. The molecule has 0 aliphatic heterocycles. The molecule has 0 radical (unpaired) electrons. The topological polar surface area (TPSA) is 121 Å². The summed E-state index contributed by atoms with van der Waals surface area (Å²) in [4.78, 5) is 71.1. The number of aromatic nitrogens is 1. The van der Waals surface area contributed by atoms with Crippen molar-refractivity contribution >= 4 is 29.1 Å². The van der Waals surface area contributed by atoms with Crippen molar-refractivity contribution in [3.8, 4) is 0 Å². The Morgan fingerprint density at radius 3 is 1.27 bits per heavy atom. The van der Waals surface area contributed by atoms with Gasteiger partial charge in [-0.1, -0.05) is 121 Å². The van der Waals surface area contributed by atoms with Crippen molar-refractivity contribution < 1.29 is 29.1 Å². The van der Waals surface area contributed by atoms with Gasteiger partial charge < -0.3 is 10.1 Å².